The number of carbonyl (C=O) groups is 4. The fourth-order valence-electron chi connectivity index (χ4n) is 4.31. The molecule has 0 saturated heterocycles. The Hall–Kier alpha value is -3.76. The quantitative estimate of drug-likeness (QED) is 0.116. The van der Waals surface area contributed by atoms with Gasteiger partial charge in [0.05, 0.1) is 34.8 Å². The molecule has 4 rings (SSSR count). The molecule has 2 aromatic carbocycles. The second-order valence-corrected chi connectivity index (χ2v) is 12.5. The standard InChI is InChI=1S/C31H32O8S2/c1-16-8-20-12-28(22(32)10-18(3)30(34)35)40-26(20)14-24(16)38-6-5-7-39-25-15-27-21(9-17(25)2)13-29(41-27)23(33)11-19(4)31(36)37/h8-9,12-15,18-19H,5-7,10-11H2,1-4H3,(H,34,35)(H,36,37). The number of thiophene rings is 2. The van der Waals surface area contributed by atoms with E-state index in [1.54, 1.807) is 0 Å². The van der Waals surface area contributed by atoms with Crippen LogP contribution in [0.4, 0.5) is 0 Å². The number of carboxylic acid groups (broad SMARTS) is 2. The summed E-state index contributed by atoms with van der Waals surface area (Å²) in [6.45, 7) is 7.80. The lowest BCUT2D eigenvalue weighted by Gasteiger charge is -2.11. The Labute approximate surface area is 245 Å². The maximum Gasteiger partial charge on any atom is 0.306 e. The van der Waals surface area contributed by atoms with Crippen LogP contribution in [0.1, 0.15) is 63.6 Å². The molecule has 0 bridgehead atoms. The monoisotopic (exact) mass is 596 g/mol. The smallest absolute Gasteiger partial charge is 0.306 e. The highest BCUT2D eigenvalue weighted by atomic mass is 32.1. The molecular weight excluding hydrogens is 564 g/mol. The Morgan fingerprint density at radius 3 is 1.44 bits per heavy atom. The molecule has 0 radical (unpaired) electrons. The summed E-state index contributed by atoms with van der Waals surface area (Å²) in [4.78, 5) is 48.3. The van der Waals surface area contributed by atoms with Crippen molar-refractivity contribution in [3.63, 3.8) is 0 Å². The maximum atomic E-state index is 12.5. The lowest BCUT2D eigenvalue weighted by atomic mass is 10.0. The SMILES string of the molecule is Cc1cc2cc(C(=O)CC(C)C(=O)O)sc2cc1OCCCOc1cc2sc(C(=O)CC(C)C(=O)O)cc2cc1C. The molecule has 0 fully saturated rings. The first-order valence-electron chi connectivity index (χ1n) is 13.3. The lowest BCUT2D eigenvalue weighted by molar-refractivity contribution is -0.141. The van der Waals surface area contributed by atoms with E-state index in [0.717, 1.165) is 42.8 Å². The minimum atomic E-state index is -0.984. The zero-order valence-corrected chi connectivity index (χ0v) is 24.9. The summed E-state index contributed by atoms with van der Waals surface area (Å²) in [7, 11) is 0. The van der Waals surface area contributed by atoms with Crippen molar-refractivity contribution in [2.24, 2.45) is 11.8 Å². The summed E-state index contributed by atoms with van der Waals surface area (Å²) < 4.78 is 13.8. The van der Waals surface area contributed by atoms with Crippen LogP contribution in [-0.2, 0) is 9.59 Å². The van der Waals surface area contributed by atoms with Gasteiger partial charge < -0.3 is 19.7 Å². The topological polar surface area (TPSA) is 127 Å². The van der Waals surface area contributed by atoms with Crippen LogP contribution in [0.5, 0.6) is 11.5 Å². The minimum Gasteiger partial charge on any atom is -0.493 e. The zero-order valence-electron chi connectivity index (χ0n) is 23.3. The number of hydrogen-bond acceptors (Lipinski definition) is 8. The molecule has 0 amide bonds. The van der Waals surface area contributed by atoms with Gasteiger partial charge in [0.15, 0.2) is 11.6 Å². The number of Topliss-reactive ketones (excluding diaryl/α,β-unsaturated/α-hetero) is 2. The number of aliphatic carboxylic acids is 2. The van der Waals surface area contributed by atoms with Gasteiger partial charge in [-0.3, -0.25) is 19.2 Å². The number of carboxylic acids is 2. The Morgan fingerprint density at radius 2 is 1.07 bits per heavy atom. The average molecular weight is 597 g/mol. The van der Waals surface area contributed by atoms with E-state index in [2.05, 4.69) is 0 Å². The van der Waals surface area contributed by atoms with E-state index in [1.807, 2.05) is 50.2 Å². The first-order chi connectivity index (χ1) is 19.4. The van der Waals surface area contributed by atoms with Gasteiger partial charge in [-0.15, -0.1) is 22.7 Å². The molecular formula is C31H32O8S2. The highest BCUT2D eigenvalue weighted by molar-refractivity contribution is 7.21. The Morgan fingerprint density at radius 1 is 0.683 bits per heavy atom. The number of benzene rings is 2. The maximum absolute atomic E-state index is 12.5. The van der Waals surface area contributed by atoms with Gasteiger partial charge in [-0.1, -0.05) is 13.8 Å². The number of rotatable bonds is 14. The molecule has 0 aliphatic heterocycles. The second-order valence-electron chi connectivity index (χ2n) is 10.3. The van der Waals surface area contributed by atoms with Gasteiger partial charge >= 0.3 is 11.9 Å². The van der Waals surface area contributed by atoms with Gasteiger partial charge in [0.1, 0.15) is 11.5 Å². The lowest BCUT2D eigenvalue weighted by Crippen LogP contribution is -2.13. The van der Waals surface area contributed by atoms with Crippen molar-refractivity contribution in [1.29, 1.82) is 0 Å². The van der Waals surface area contributed by atoms with Crippen LogP contribution >= 0.6 is 22.7 Å². The summed E-state index contributed by atoms with van der Waals surface area (Å²) in [5.41, 5.74) is 1.88. The van der Waals surface area contributed by atoms with Gasteiger partial charge in [-0.2, -0.15) is 0 Å². The number of ketones is 2. The molecule has 0 spiro atoms. The number of ether oxygens (including phenoxy) is 2. The van der Waals surface area contributed by atoms with Crippen LogP contribution in [0.2, 0.25) is 0 Å². The Kier molecular flexibility index (Phi) is 9.45. The van der Waals surface area contributed by atoms with Crippen molar-refractivity contribution in [1.82, 2.24) is 0 Å². The highest BCUT2D eigenvalue weighted by Crippen LogP contribution is 2.34. The normalized spacial score (nSPS) is 12.8. The van der Waals surface area contributed by atoms with E-state index in [1.165, 1.54) is 36.5 Å². The molecule has 8 nitrogen and oxygen atoms in total. The van der Waals surface area contributed by atoms with Crippen LogP contribution in [0.3, 0.4) is 0 Å². The highest BCUT2D eigenvalue weighted by Gasteiger charge is 2.20. The predicted molar refractivity (Wildman–Crippen MR) is 160 cm³/mol. The minimum absolute atomic E-state index is 0.0330. The number of carbonyl (C=O) groups excluding carboxylic acids is 2. The Balaban J connectivity index is 1.33. The van der Waals surface area contributed by atoms with Crippen molar-refractivity contribution in [3.8, 4) is 11.5 Å². The summed E-state index contributed by atoms with van der Waals surface area (Å²) in [6.07, 6.45) is 0.570. The molecule has 216 valence electrons. The van der Waals surface area contributed by atoms with Crippen LogP contribution < -0.4 is 9.47 Å². The zero-order chi connectivity index (χ0) is 29.8. The molecule has 2 aromatic heterocycles. The summed E-state index contributed by atoms with van der Waals surface area (Å²) >= 11 is 2.68. The number of hydrogen-bond donors (Lipinski definition) is 2. The van der Waals surface area contributed by atoms with E-state index in [0.29, 0.717) is 29.4 Å². The van der Waals surface area contributed by atoms with Crippen LogP contribution in [0, 0.1) is 25.7 Å². The molecule has 0 aliphatic rings. The van der Waals surface area contributed by atoms with Crippen LogP contribution in [-0.4, -0.2) is 46.9 Å². The third kappa shape index (κ3) is 7.31. The van der Waals surface area contributed by atoms with E-state index < -0.39 is 23.8 Å². The predicted octanol–water partition coefficient (Wildman–Crippen LogP) is 7.17. The van der Waals surface area contributed by atoms with Crippen molar-refractivity contribution in [2.45, 2.75) is 47.0 Å². The third-order valence-corrected chi connectivity index (χ3v) is 9.09. The fourth-order valence-corrected chi connectivity index (χ4v) is 6.35. The second kappa shape index (κ2) is 12.8. The molecule has 41 heavy (non-hydrogen) atoms. The molecule has 0 saturated carbocycles. The third-order valence-electron chi connectivity index (χ3n) is 6.81. The van der Waals surface area contributed by atoms with Crippen molar-refractivity contribution >= 4 is 66.4 Å². The summed E-state index contributed by atoms with van der Waals surface area (Å²) in [5.74, 6) is -2.33. The van der Waals surface area contributed by atoms with Crippen LogP contribution in [0.15, 0.2) is 36.4 Å². The molecule has 2 N–H and O–H groups in total. The first kappa shape index (κ1) is 30.2. The Bertz CT molecular complexity index is 1510. The van der Waals surface area contributed by atoms with Crippen LogP contribution in [0.25, 0.3) is 20.2 Å². The molecule has 2 atom stereocenters. The van der Waals surface area contributed by atoms with Crippen molar-refractivity contribution < 1.29 is 38.9 Å². The summed E-state index contributed by atoms with van der Waals surface area (Å²) in [6, 6.07) is 11.4. The first-order valence-corrected chi connectivity index (χ1v) is 14.9. The van der Waals surface area contributed by atoms with Gasteiger partial charge in [-0.05, 0) is 72.1 Å². The molecule has 0 aliphatic carbocycles. The molecule has 2 unspecified atom stereocenters. The summed E-state index contributed by atoms with van der Waals surface area (Å²) in [5, 5.41) is 20.0. The van der Waals surface area contributed by atoms with E-state index in [4.69, 9.17) is 19.7 Å². The van der Waals surface area contributed by atoms with E-state index >= 15 is 0 Å². The van der Waals surface area contributed by atoms with Gasteiger partial charge in [0.2, 0.25) is 0 Å². The van der Waals surface area contributed by atoms with Gasteiger partial charge in [-0.25, -0.2) is 0 Å². The largest absolute Gasteiger partial charge is 0.493 e. The van der Waals surface area contributed by atoms with Gasteiger partial charge in [0, 0.05) is 28.7 Å². The van der Waals surface area contributed by atoms with E-state index in [-0.39, 0.29) is 24.4 Å². The van der Waals surface area contributed by atoms with E-state index in [9.17, 15) is 19.2 Å². The molecule has 10 heteroatoms. The van der Waals surface area contributed by atoms with Crippen molar-refractivity contribution in [2.75, 3.05) is 13.2 Å². The molecule has 4 aromatic rings. The number of aryl methyl sites for hydroxylation is 2. The average Bonchev–Trinajstić information content (AvgIpc) is 3.51. The van der Waals surface area contributed by atoms with Crippen molar-refractivity contribution in [3.05, 3.63) is 57.3 Å². The molecule has 2 heterocycles. The van der Waals surface area contributed by atoms with Gasteiger partial charge in [0.25, 0.3) is 0 Å². The fraction of sp³-hybridized carbons (Fsp3) is 0.355. The number of fused-ring (bicyclic) bond motifs is 2.